The van der Waals surface area contributed by atoms with Crippen molar-refractivity contribution in [2.75, 3.05) is 12.3 Å². The summed E-state index contributed by atoms with van der Waals surface area (Å²) in [5, 5.41) is 3.46. The van der Waals surface area contributed by atoms with Crippen LogP contribution in [0.1, 0.15) is 35.2 Å². The Hall–Kier alpha value is -1.94. The third-order valence-corrected chi connectivity index (χ3v) is 3.20. The van der Waals surface area contributed by atoms with Crippen LogP contribution in [0.15, 0.2) is 30.7 Å². The van der Waals surface area contributed by atoms with Crippen molar-refractivity contribution >= 4 is 5.82 Å². The zero-order chi connectivity index (χ0) is 13.8. The van der Waals surface area contributed by atoms with E-state index in [1.54, 1.807) is 12.4 Å². The summed E-state index contributed by atoms with van der Waals surface area (Å²) in [5.41, 5.74) is 10.5. The van der Waals surface area contributed by atoms with Crippen molar-refractivity contribution < 1.29 is 0 Å². The zero-order valence-electron chi connectivity index (χ0n) is 11.6. The van der Waals surface area contributed by atoms with Gasteiger partial charge in [-0.1, -0.05) is 6.92 Å². The number of aromatic nitrogens is 2. The molecule has 100 valence electrons. The van der Waals surface area contributed by atoms with Crippen molar-refractivity contribution in [3.8, 4) is 0 Å². The molecule has 0 aliphatic carbocycles. The number of pyridine rings is 2. The van der Waals surface area contributed by atoms with Gasteiger partial charge in [0.05, 0.1) is 6.04 Å². The second kappa shape index (κ2) is 5.80. The minimum absolute atomic E-state index is 0.0334. The second-order valence-electron chi connectivity index (χ2n) is 4.71. The fourth-order valence-electron chi connectivity index (χ4n) is 2.20. The molecule has 2 aromatic heterocycles. The molecule has 4 heteroatoms. The maximum atomic E-state index is 6.04. The van der Waals surface area contributed by atoms with Crippen LogP contribution >= 0.6 is 0 Å². The lowest BCUT2D eigenvalue weighted by molar-refractivity contribution is 0.625. The molecule has 0 aromatic carbocycles. The van der Waals surface area contributed by atoms with Crippen LogP contribution in [0.3, 0.4) is 0 Å². The first-order valence-corrected chi connectivity index (χ1v) is 6.49. The van der Waals surface area contributed by atoms with Crippen LogP contribution in [0.5, 0.6) is 0 Å². The molecule has 0 saturated carbocycles. The van der Waals surface area contributed by atoms with Crippen LogP contribution in [0, 0.1) is 13.8 Å². The van der Waals surface area contributed by atoms with Gasteiger partial charge in [0.1, 0.15) is 5.82 Å². The number of nitrogens with one attached hydrogen (secondary N) is 1. The number of nitrogens with two attached hydrogens (primary N) is 1. The van der Waals surface area contributed by atoms with Gasteiger partial charge in [0.15, 0.2) is 0 Å². The molecule has 19 heavy (non-hydrogen) atoms. The molecule has 0 radical (unpaired) electrons. The van der Waals surface area contributed by atoms with E-state index in [9.17, 15) is 0 Å². The van der Waals surface area contributed by atoms with Crippen molar-refractivity contribution in [1.82, 2.24) is 15.3 Å². The summed E-state index contributed by atoms with van der Waals surface area (Å²) in [6.45, 7) is 7.04. The normalized spacial score (nSPS) is 12.4. The fraction of sp³-hybridized carbons (Fsp3) is 0.333. The van der Waals surface area contributed by atoms with Crippen LogP contribution in [0.2, 0.25) is 0 Å². The molecule has 0 amide bonds. The molecule has 0 spiro atoms. The minimum Gasteiger partial charge on any atom is -0.383 e. The lowest BCUT2D eigenvalue weighted by Gasteiger charge is -2.21. The average molecular weight is 256 g/mol. The van der Waals surface area contributed by atoms with Crippen LogP contribution in [0.25, 0.3) is 0 Å². The van der Waals surface area contributed by atoms with Gasteiger partial charge in [0, 0.05) is 24.2 Å². The highest BCUT2D eigenvalue weighted by Crippen LogP contribution is 2.27. The molecule has 0 fully saturated rings. The second-order valence-corrected chi connectivity index (χ2v) is 4.71. The third kappa shape index (κ3) is 2.90. The molecule has 2 heterocycles. The highest BCUT2D eigenvalue weighted by Gasteiger charge is 2.18. The van der Waals surface area contributed by atoms with E-state index in [0.29, 0.717) is 5.82 Å². The Morgan fingerprint density at radius 2 is 2.05 bits per heavy atom. The van der Waals surface area contributed by atoms with E-state index in [2.05, 4.69) is 35.2 Å². The summed E-state index contributed by atoms with van der Waals surface area (Å²) in [5.74, 6) is 0.569. The number of anilines is 1. The topological polar surface area (TPSA) is 63.8 Å². The van der Waals surface area contributed by atoms with Crippen LogP contribution in [-0.4, -0.2) is 16.5 Å². The Morgan fingerprint density at radius 1 is 1.26 bits per heavy atom. The van der Waals surface area contributed by atoms with Crippen molar-refractivity contribution in [2.45, 2.75) is 26.8 Å². The Morgan fingerprint density at radius 3 is 2.74 bits per heavy atom. The van der Waals surface area contributed by atoms with Crippen molar-refractivity contribution in [1.29, 1.82) is 0 Å². The van der Waals surface area contributed by atoms with Crippen LogP contribution in [-0.2, 0) is 0 Å². The van der Waals surface area contributed by atoms with Gasteiger partial charge in [0.25, 0.3) is 0 Å². The van der Waals surface area contributed by atoms with Crippen molar-refractivity contribution in [2.24, 2.45) is 0 Å². The van der Waals surface area contributed by atoms with Gasteiger partial charge in [-0.25, -0.2) is 4.98 Å². The number of nitrogen functional groups attached to an aromatic ring is 1. The average Bonchev–Trinajstić information content (AvgIpc) is 2.40. The molecule has 4 nitrogen and oxygen atoms in total. The Kier molecular flexibility index (Phi) is 4.12. The SMILES string of the molecule is CCNC(c1cnccc1C)c1cc(C)cnc1N. The first kappa shape index (κ1) is 13.5. The number of hydrogen-bond donors (Lipinski definition) is 2. The highest BCUT2D eigenvalue weighted by atomic mass is 14.9. The maximum absolute atomic E-state index is 6.04. The standard InChI is InChI=1S/C15H20N4/c1-4-18-14(13-9-17-6-5-11(13)3)12-7-10(2)8-19-15(12)16/h5-9,14,18H,4H2,1-3H3,(H2,16,19). The van der Waals surface area contributed by atoms with Gasteiger partial charge in [-0.15, -0.1) is 0 Å². The molecule has 0 aliphatic heterocycles. The molecule has 0 bridgehead atoms. The summed E-state index contributed by atoms with van der Waals surface area (Å²) in [4.78, 5) is 8.48. The summed E-state index contributed by atoms with van der Waals surface area (Å²) >= 11 is 0. The number of nitrogens with zero attached hydrogens (tertiary/aromatic N) is 2. The van der Waals surface area contributed by atoms with Crippen molar-refractivity contribution in [3.05, 3.63) is 53.0 Å². The molecule has 2 rings (SSSR count). The van der Waals surface area contributed by atoms with Crippen LogP contribution in [0.4, 0.5) is 5.82 Å². The molecular formula is C15H20N4. The Labute approximate surface area is 114 Å². The monoisotopic (exact) mass is 256 g/mol. The maximum Gasteiger partial charge on any atom is 0.128 e. The smallest absolute Gasteiger partial charge is 0.128 e. The van der Waals surface area contributed by atoms with Crippen LogP contribution < -0.4 is 11.1 Å². The summed E-state index contributed by atoms with van der Waals surface area (Å²) in [6.07, 6.45) is 5.49. The van der Waals surface area contributed by atoms with E-state index >= 15 is 0 Å². The predicted octanol–water partition coefficient (Wildman–Crippen LogP) is 2.37. The summed E-state index contributed by atoms with van der Waals surface area (Å²) in [7, 11) is 0. The van der Waals surface area contributed by atoms with Gasteiger partial charge in [-0.2, -0.15) is 0 Å². The largest absolute Gasteiger partial charge is 0.383 e. The third-order valence-electron chi connectivity index (χ3n) is 3.20. The number of rotatable bonds is 4. The number of hydrogen-bond acceptors (Lipinski definition) is 4. The van der Waals surface area contributed by atoms with E-state index < -0.39 is 0 Å². The lowest BCUT2D eigenvalue weighted by atomic mass is 9.96. The first-order valence-electron chi connectivity index (χ1n) is 6.49. The first-order chi connectivity index (χ1) is 9.13. The summed E-state index contributed by atoms with van der Waals surface area (Å²) in [6, 6.07) is 4.13. The van der Waals surface area contributed by atoms with E-state index in [-0.39, 0.29) is 6.04 Å². The van der Waals surface area contributed by atoms with E-state index in [4.69, 9.17) is 5.73 Å². The highest BCUT2D eigenvalue weighted by molar-refractivity contribution is 5.48. The molecular weight excluding hydrogens is 236 g/mol. The van der Waals surface area contributed by atoms with Gasteiger partial charge in [-0.3, -0.25) is 4.98 Å². The molecule has 3 N–H and O–H groups in total. The van der Waals surface area contributed by atoms with Crippen molar-refractivity contribution in [3.63, 3.8) is 0 Å². The lowest BCUT2D eigenvalue weighted by Crippen LogP contribution is -2.24. The van der Waals surface area contributed by atoms with Gasteiger partial charge < -0.3 is 11.1 Å². The Balaban J connectivity index is 2.51. The minimum atomic E-state index is 0.0334. The Bertz CT molecular complexity index is 566. The van der Waals surface area contributed by atoms with E-state index in [1.165, 1.54) is 5.56 Å². The van der Waals surface area contributed by atoms with E-state index in [1.807, 2.05) is 19.2 Å². The molecule has 1 atom stereocenters. The summed E-state index contributed by atoms with van der Waals surface area (Å²) < 4.78 is 0. The van der Waals surface area contributed by atoms with Gasteiger partial charge in [-0.05, 0) is 49.2 Å². The van der Waals surface area contributed by atoms with Gasteiger partial charge >= 0.3 is 0 Å². The number of aryl methyl sites for hydroxylation is 2. The van der Waals surface area contributed by atoms with Gasteiger partial charge in [0.2, 0.25) is 0 Å². The quantitative estimate of drug-likeness (QED) is 0.881. The predicted molar refractivity (Wildman–Crippen MR) is 77.9 cm³/mol. The molecule has 0 saturated heterocycles. The van der Waals surface area contributed by atoms with E-state index in [0.717, 1.165) is 23.2 Å². The zero-order valence-corrected chi connectivity index (χ0v) is 11.6. The fourth-order valence-corrected chi connectivity index (χ4v) is 2.20. The molecule has 2 aromatic rings. The molecule has 0 aliphatic rings. The molecule has 1 unspecified atom stereocenters.